The largest absolute Gasteiger partial charge is 0.325 e. The van der Waals surface area contributed by atoms with Gasteiger partial charge in [-0.05, 0) is 43.4 Å². The Morgan fingerprint density at radius 3 is 2.47 bits per heavy atom. The van der Waals surface area contributed by atoms with Gasteiger partial charge in [-0.15, -0.1) is 11.8 Å². The summed E-state index contributed by atoms with van der Waals surface area (Å²) < 4.78 is 0. The number of amides is 1. The average Bonchev–Trinajstić information content (AvgIpc) is 3.24. The quantitative estimate of drug-likeness (QED) is 0.661. The van der Waals surface area contributed by atoms with Crippen LogP contribution in [0.15, 0.2) is 29.2 Å². The molecular weight excluding hydrogens is 260 g/mol. The summed E-state index contributed by atoms with van der Waals surface area (Å²) in [7, 11) is 0. The molecule has 1 aromatic rings. The third kappa shape index (κ3) is 3.36. The Balaban J connectivity index is 2.02. The van der Waals surface area contributed by atoms with Crippen molar-refractivity contribution in [2.45, 2.75) is 17.7 Å². The van der Waals surface area contributed by atoms with Crippen LogP contribution < -0.4 is 5.32 Å². The van der Waals surface area contributed by atoms with E-state index in [1.54, 1.807) is 30.0 Å². The van der Waals surface area contributed by atoms with Gasteiger partial charge in [-0.2, -0.15) is 5.26 Å². The number of thioether (sulfide) groups is 1. The zero-order valence-electron chi connectivity index (χ0n) is 10.6. The van der Waals surface area contributed by atoms with E-state index in [-0.39, 0.29) is 11.7 Å². The second-order valence-corrected chi connectivity index (χ2v) is 5.34. The van der Waals surface area contributed by atoms with Crippen LogP contribution in [0.3, 0.4) is 0 Å². The van der Waals surface area contributed by atoms with E-state index in [1.807, 2.05) is 18.4 Å². The zero-order valence-corrected chi connectivity index (χ0v) is 11.4. The van der Waals surface area contributed by atoms with E-state index in [1.165, 1.54) is 0 Å². The van der Waals surface area contributed by atoms with Crippen LogP contribution in [0, 0.1) is 23.2 Å². The number of ketones is 1. The molecule has 1 aliphatic carbocycles. The molecule has 0 saturated heterocycles. The zero-order chi connectivity index (χ0) is 13.8. The molecule has 0 radical (unpaired) electrons. The highest BCUT2D eigenvalue weighted by atomic mass is 32.2. The molecule has 0 heterocycles. The highest BCUT2D eigenvalue weighted by molar-refractivity contribution is 7.98. The molecule has 98 valence electrons. The molecule has 1 amide bonds. The minimum atomic E-state index is -1.19. The fourth-order valence-corrected chi connectivity index (χ4v) is 2.15. The van der Waals surface area contributed by atoms with Gasteiger partial charge in [0.1, 0.15) is 0 Å². The van der Waals surface area contributed by atoms with Crippen LogP contribution in [0.2, 0.25) is 0 Å². The van der Waals surface area contributed by atoms with Crippen molar-refractivity contribution in [2.75, 3.05) is 11.6 Å². The summed E-state index contributed by atoms with van der Waals surface area (Å²) in [5, 5.41) is 11.6. The molecule has 5 heteroatoms. The Morgan fingerprint density at radius 2 is 2.00 bits per heavy atom. The normalized spacial score (nSPS) is 15.4. The minimum Gasteiger partial charge on any atom is -0.325 e. The second kappa shape index (κ2) is 5.89. The fourth-order valence-electron chi connectivity index (χ4n) is 1.74. The van der Waals surface area contributed by atoms with Crippen molar-refractivity contribution in [1.29, 1.82) is 5.26 Å². The number of nitrogens with one attached hydrogen (secondary N) is 1. The molecule has 0 aromatic heterocycles. The molecule has 1 N–H and O–H groups in total. The molecule has 1 aliphatic rings. The third-order valence-corrected chi connectivity index (χ3v) is 3.76. The van der Waals surface area contributed by atoms with Gasteiger partial charge in [0.05, 0.1) is 6.07 Å². The molecule has 4 nitrogen and oxygen atoms in total. The standard InChI is InChI=1S/C14H14N2O2S/c1-19-11-6-4-10(5-7-11)16-14(18)12(8-15)13(17)9-2-3-9/h4-7,9,12H,2-3H2,1H3,(H,16,18). The molecule has 0 spiro atoms. The van der Waals surface area contributed by atoms with Crippen LogP contribution in [0.5, 0.6) is 0 Å². The lowest BCUT2D eigenvalue weighted by Gasteiger charge is -2.09. The Hall–Kier alpha value is -1.80. The number of carbonyl (C=O) groups is 2. The van der Waals surface area contributed by atoms with Crippen molar-refractivity contribution in [3.63, 3.8) is 0 Å². The number of benzene rings is 1. The second-order valence-electron chi connectivity index (χ2n) is 4.46. The van der Waals surface area contributed by atoms with Gasteiger partial charge < -0.3 is 5.32 Å². The number of hydrogen-bond donors (Lipinski definition) is 1. The number of hydrogen-bond acceptors (Lipinski definition) is 4. The first-order valence-corrected chi connectivity index (χ1v) is 7.26. The van der Waals surface area contributed by atoms with Gasteiger partial charge in [0.15, 0.2) is 11.7 Å². The van der Waals surface area contributed by atoms with Crippen molar-refractivity contribution in [2.24, 2.45) is 11.8 Å². The van der Waals surface area contributed by atoms with Crippen LogP contribution in [0.4, 0.5) is 5.69 Å². The lowest BCUT2D eigenvalue weighted by Crippen LogP contribution is -2.29. The maximum Gasteiger partial charge on any atom is 0.249 e. The van der Waals surface area contributed by atoms with Gasteiger partial charge in [-0.1, -0.05) is 0 Å². The molecule has 1 atom stereocenters. The first-order valence-electron chi connectivity index (χ1n) is 6.04. The van der Waals surface area contributed by atoms with E-state index < -0.39 is 11.8 Å². The summed E-state index contributed by atoms with van der Waals surface area (Å²) in [4.78, 5) is 24.8. The highest BCUT2D eigenvalue weighted by Gasteiger charge is 2.38. The monoisotopic (exact) mass is 274 g/mol. The average molecular weight is 274 g/mol. The lowest BCUT2D eigenvalue weighted by atomic mass is 10.0. The minimum absolute atomic E-state index is 0.0886. The van der Waals surface area contributed by atoms with Crippen molar-refractivity contribution in [1.82, 2.24) is 0 Å². The summed E-state index contributed by atoms with van der Waals surface area (Å²) in [5.74, 6) is -2.06. The molecule has 2 rings (SSSR count). The van der Waals surface area contributed by atoms with Gasteiger partial charge in [-0.25, -0.2) is 0 Å². The molecule has 0 bridgehead atoms. The lowest BCUT2D eigenvalue weighted by molar-refractivity contribution is -0.129. The van der Waals surface area contributed by atoms with E-state index in [2.05, 4.69) is 5.32 Å². The molecule has 1 aromatic carbocycles. The summed E-state index contributed by atoms with van der Waals surface area (Å²) in [6.07, 6.45) is 3.56. The summed E-state index contributed by atoms with van der Waals surface area (Å²) in [5.41, 5.74) is 0.603. The predicted molar refractivity (Wildman–Crippen MR) is 73.7 cm³/mol. The first-order chi connectivity index (χ1) is 9.15. The Morgan fingerprint density at radius 1 is 1.37 bits per heavy atom. The van der Waals surface area contributed by atoms with E-state index in [0.29, 0.717) is 5.69 Å². The molecule has 1 fully saturated rings. The Bertz CT molecular complexity index is 529. The molecule has 0 aliphatic heterocycles. The topological polar surface area (TPSA) is 70.0 Å². The number of anilines is 1. The number of Topliss-reactive ketones (excluding diaryl/α,β-unsaturated/α-hetero) is 1. The molecule has 1 unspecified atom stereocenters. The Labute approximate surface area is 116 Å². The van der Waals surface area contributed by atoms with Gasteiger partial charge in [0.25, 0.3) is 0 Å². The van der Waals surface area contributed by atoms with Gasteiger partial charge in [-0.3, -0.25) is 9.59 Å². The van der Waals surface area contributed by atoms with Crippen LogP contribution in [0.25, 0.3) is 0 Å². The SMILES string of the molecule is CSc1ccc(NC(=O)C(C#N)C(=O)C2CC2)cc1. The predicted octanol–water partition coefficient (Wildman–Crippen LogP) is 2.47. The summed E-state index contributed by atoms with van der Waals surface area (Å²) >= 11 is 1.61. The Kier molecular flexibility index (Phi) is 4.23. The molecular formula is C14H14N2O2S. The number of carbonyl (C=O) groups excluding carboxylic acids is 2. The summed E-state index contributed by atoms with van der Waals surface area (Å²) in [6.45, 7) is 0. The number of nitriles is 1. The van der Waals surface area contributed by atoms with Crippen LogP contribution >= 0.6 is 11.8 Å². The summed E-state index contributed by atoms with van der Waals surface area (Å²) in [6, 6.07) is 9.09. The molecule has 19 heavy (non-hydrogen) atoms. The van der Waals surface area contributed by atoms with E-state index in [0.717, 1.165) is 17.7 Å². The number of rotatable bonds is 5. The number of nitrogens with zero attached hydrogens (tertiary/aromatic N) is 1. The van der Waals surface area contributed by atoms with Crippen molar-refractivity contribution in [3.05, 3.63) is 24.3 Å². The third-order valence-electron chi connectivity index (χ3n) is 3.01. The first kappa shape index (κ1) is 13.6. The van der Waals surface area contributed by atoms with Crippen molar-refractivity contribution in [3.8, 4) is 6.07 Å². The van der Waals surface area contributed by atoms with E-state index in [9.17, 15) is 9.59 Å². The van der Waals surface area contributed by atoms with Crippen molar-refractivity contribution >= 4 is 29.1 Å². The fraction of sp³-hybridized carbons (Fsp3) is 0.357. The maximum absolute atomic E-state index is 11.9. The van der Waals surface area contributed by atoms with Gasteiger partial charge in [0.2, 0.25) is 5.91 Å². The highest BCUT2D eigenvalue weighted by Crippen LogP contribution is 2.32. The van der Waals surface area contributed by atoms with E-state index in [4.69, 9.17) is 5.26 Å². The van der Waals surface area contributed by atoms with Crippen molar-refractivity contribution < 1.29 is 9.59 Å². The molecule has 1 saturated carbocycles. The van der Waals surface area contributed by atoms with Crippen LogP contribution in [-0.4, -0.2) is 17.9 Å². The van der Waals surface area contributed by atoms with Gasteiger partial charge >= 0.3 is 0 Å². The van der Waals surface area contributed by atoms with Crippen LogP contribution in [0.1, 0.15) is 12.8 Å². The van der Waals surface area contributed by atoms with Crippen LogP contribution in [-0.2, 0) is 9.59 Å². The van der Waals surface area contributed by atoms with E-state index >= 15 is 0 Å². The maximum atomic E-state index is 11.9. The smallest absolute Gasteiger partial charge is 0.249 e. The van der Waals surface area contributed by atoms with Gasteiger partial charge in [0, 0.05) is 16.5 Å².